The van der Waals surface area contributed by atoms with Crippen molar-refractivity contribution in [2.45, 2.75) is 31.3 Å². The molecule has 5 rings (SSSR count). The molecule has 2 aromatic heterocycles. The predicted octanol–water partition coefficient (Wildman–Crippen LogP) is 3.73. The lowest BCUT2D eigenvalue weighted by molar-refractivity contribution is -0.134. The molecule has 0 spiro atoms. The summed E-state index contributed by atoms with van der Waals surface area (Å²) in [5.41, 5.74) is 1.47. The Kier molecular flexibility index (Phi) is 6.15. The van der Waals surface area contributed by atoms with Crippen molar-refractivity contribution in [3.63, 3.8) is 0 Å². The van der Waals surface area contributed by atoms with Crippen molar-refractivity contribution in [2.24, 2.45) is 5.92 Å². The third-order valence-corrected chi connectivity index (χ3v) is 7.52. The van der Waals surface area contributed by atoms with E-state index in [9.17, 15) is 14.4 Å². The van der Waals surface area contributed by atoms with Crippen molar-refractivity contribution >= 4 is 29.2 Å². The molecule has 174 valence electrons. The number of amides is 4. The molecule has 0 radical (unpaired) electrons. The Morgan fingerprint density at radius 1 is 1.06 bits per heavy atom. The maximum Gasteiger partial charge on any atom is 0.325 e. The maximum atomic E-state index is 13.9. The molecule has 34 heavy (non-hydrogen) atoms. The van der Waals surface area contributed by atoms with Crippen LogP contribution in [0.5, 0.6) is 0 Å². The Balaban J connectivity index is 1.39. The summed E-state index contributed by atoms with van der Waals surface area (Å²) in [4.78, 5) is 47.0. The summed E-state index contributed by atoms with van der Waals surface area (Å²) in [6.45, 7) is 1.30. The van der Waals surface area contributed by atoms with Crippen molar-refractivity contribution in [1.29, 1.82) is 0 Å². The average Bonchev–Trinajstić information content (AvgIpc) is 3.49. The van der Waals surface area contributed by atoms with E-state index in [2.05, 4.69) is 10.3 Å². The molecule has 7 nitrogen and oxygen atoms in total. The highest BCUT2D eigenvalue weighted by Crippen LogP contribution is 2.37. The number of carbonyl (C=O) groups is 3. The third-order valence-electron chi connectivity index (χ3n) is 6.84. The van der Waals surface area contributed by atoms with Crippen LogP contribution in [0.1, 0.15) is 34.3 Å². The number of likely N-dealkylation sites (tertiary alicyclic amines) is 1. The first kappa shape index (κ1) is 22.3. The molecule has 0 bridgehead atoms. The normalized spacial score (nSPS) is 21.1. The zero-order valence-electron chi connectivity index (χ0n) is 18.7. The molecule has 3 aromatic rings. The molecule has 0 saturated carbocycles. The Morgan fingerprint density at radius 3 is 2.50 bits per heavy atom. The van der Waals surface area contributed by atoms with E-state index in [0.717, 1.165) is 11.1 Å². The summed E-state index contributed by atoms with van der Waals surface area (Å²) < 4.78 is 0. The molecule has 1 atom stereocenters. The van der Waals surface area contributed by atoms with Gasteiger partial charge in [-0.25, -0.2) is 4.79 Å². The highest BCUT2D eigenvalue weighted by Gasteiger charge is 2.56. The van der Waals surface area contributed by atoms with Gasteiger partial charge in [-0.15, -0.1) is 0 Å². The predicted molar refractivity (Wildman–Crippen MR) is 129 cm³/mol. The first-order valence-corrected chi connectivity index (χ1v) is 12.4. The lowest BCUT2D eigenvalue weighted by atomic mass is 9.74. The maximum absolute atomic E-state index is 13.9. The van der Waals surface area contributed by atoms with E-state index in [-0.39, 0.29) is 30.3 Å². The van der Waals surface area contributed by atoms with Crippen molar-refractivity contribution in [2.75, 3.05) is 13.1 Å². The first-order valence-electron chi connectivity index (χ1n) is 11.5. The first-order chi connectivity index (χ1) is 16.6. The van der Waals surface area contributed by atoms with Crippen LogP contribution in [0.25, 0.3) is 0 Å². The second-order valence-electron chi connectivity index (χ2n) is 8.89. The summed E-state index contributed by atoms with van der Waals surface area (Å²) >= 11 is 1.51. The number of thiophene rings is 1. The number of piperidine rings is 1. The van der Waals surface area contributed by atoms with Gasteiger partial charge in [-0.05, 0) is 47.4 Å². The van der Waals surface area contributed by atoms with Gasteiger partial charge in [-0.3, -0.25) is 19.5 Å². The number of benzene rings is 1. The van der Waals surface area contributed by atoms with Crippen molar-refractivity contribution in [3.05, 3.63) is 88.4 Å². The van der Waals surface area contributed by atoms with Gasteiger partial charge in [-0.1, -0.05) is 36.4 Å². The van der Waals surface area contributed by atoms with E-state index in [1.807, 2.05) is 58.1 Å². The fraction of sp³-hybridized carbons (Fsp3) is 0.308. The molecule has 4 heterocycles. The van der Waals surface area contributed by atoms with Crippen LogP contribution in [0.4, 0.5) is 4.79 Å². The Morgan fingerprint density at radius 2 is 1.82 bits per heavy atom. The largest absolute Gasteiger partial charge is 0.339 e. The Hall–Kier alpha value is -3.52. The molecule has 4 amide bonds. The molecule has 2 aliphatic heterocycles. The molecule has 1 aromatic carbocycles. The van der Waals surface area contributed by atoms with E-state index in [1.54, 1.807) is 18.5 Å². The van der Waals surface area contributed by atoms with E-state index in [4.69, 9.17) is 0 Å². The van der Waals surface area contributed by atoms with Crippen LogP contribution in [0.15, 0.2) is 71.7 Å². The number of rotatable bonds is 6. The van der Waals surface area contributed by atoms with E-state index < -0.39 is 5.54 Å². The topological polar surface area (TPSA) is 82.6 Å². The fourth-order valence-electron chi connectivity index (χ4n) is 5.07. The van der Waals surface area contributed by atoms with Crippen molar-refractivity contribution < 1.29 is 14.4 Å². The average molecular weight is 475 g/mol. The summed E-state index contributed by atoms with van der Waals surface area (Å²) in [5, 5.41) is 6.86. The monoisotopic (exact) mass is 474 g/mol. The highest BCUT2D eigenvalue weighted by atomic mass is 32.1. The summed E-state index contributed by atoms with van der Waals surface area (Å²) in [6.07, 6.45) is 5.06. The number of hydrogen-bond donors (Lipinski definition) is 1. The Labute approximate surface area is 202 Å². The fourth-order valence-corrected chi connectivity index (χ4v) is 5.70. The van der Waals surface area contributed by atoms with Crippen LogP contribution < -0.4 is 5.32 Å². The van der Waals surface area contributed by atoms with Gasteiger partial charge in [0.05, 0.1) is 12.1 Å². The SMILES string of the molecule is O=C(c1ccsc1)N1CCC([C@]2(Cc3ccccc3)NC(=O)N(Cc3cccnc3)C2=O)CC1. The van der Waals surface area contributed by atoms with E-state index in [0.29, 0.717) is 37.9 Å². The number of carbonyl (C=O) groups excluding carboxylic acids is 3. The van der Waals surface area contributed by atoms with Gasteiger partial charge < -0.3 is 10.2 Å². The third kappa shape index (κ3) is 4.21. The highest BCUT2D eigenvalue weighted by molar-refractivity contribution is 7.08. The van der Waals surface area contributed by atoms with Crippen LogP contribution in [-0.2, 0) is 17.8 Å². The van der Waals surface area contributed by atoms with Crippen LogP contribution >= 0.6 is 11.3 Å². The van der Waals surface area contributed by atoms with Gasteiger partial charge in [0.15, 0.2) is 0 Å². The number of pyridine rings is 1. The van der Waals surface area contributed by atoms with Crippen LogP contribution in [-0.4, -0.2) is 51.3 Å². The van der Waals surface area contributed by atoms with Crippen LogP contribution in [0, 0.1) is 5.92 Å². The van der Waals surface area contributed by atoms with Gasteiger partial charge in [0.1, 0.15) is 5.54 Å². The quantitative estimate of drug-likeness (QED) is 0.552. The summed E-state index contributed by atoms with van der Waals surface area (Å²) in [5.74, 6) is -0.251. The number of nitrogens with one attached hydrogen (secondary N) is 1. The van der Waals surface area contributed by atoms with Gasteiger partial charge in [0.25, 0.3) is 11.8 Å². The van der Waals surface area contributed by atoms with Crippen LogP contribution in [0.2, 0.25) is 0 Å². The number of hydrogen-bond acceptors (Lipinski definition) is 5. The Bertz CT molecular complexity index is 1160. The second-order valence-corrected chi connectivity index (χ2v) is 9.67. The molecule has 2 saturated heterocycles. The molecular formula is C26H26N4O3S. The molecule has 2 fully saturated rings. The standard InChI is InChI=1S/C26H26N4O3S/c31-23(21-10-14-34-18-21)29-12-8-22(9-13-29)26(15-19-5-2-1-3-6-19)24(32)30(25(33)28-26)17-20-7-4-11-27-16-20/h1-7,10-11,14,16,18,22H,8-9,12-13,15,17H2,(H,28,33)/t26-/m0/s1. The van der Waals surface area contributed by atoms with Gasteiger partial charge in [0, 0.05) is 37.3 Å². The smallest absolute Gasteiger partial charge is 0.325 e. The molecule has 8 heteroatoms. The summed E-state index contributed by atoms with van der Waals surface area (Å²) in [6, 6.07) is 14.9. The zero-order valence-corrected chi connectivity index (χ0v) is 19.5. The molecule has 1 N–H and O–H groups in total. The van der Waals surface area contributed by atoms with E-state index in [1.165, 1.54) is 16.2 Å². The summed E-state index contributed by atoms with van der Waals surface area (Å²) in [7, 11) is 0. The number of urea groups is 1. The minimum Gasteiger partial charge on any atom is -0.339 e. The van der Waals surface area contributed by atoms with E-state index >= 15 is 0 Å². The molecule has 2 aliphatic rings. The van der Waals surface area contributed by atoms with Gasteiger partial charge in [-0.2, -0.15) is 11.3 Å². The lowest BCUT2D eigenvalue weighted by Gasteiger charge is -2.41. The lowest BCUT2D eigenvalue weighted by Crippen LogP contribution is -2.58. The van der Waals surface area contributed by atoms with Crippen molar-refractivity contribution in [1.82, 2.24) is 20.1 Å². The van der Waals surface area contributed by atoms with Crippen molar-refractivity contribution in [3.8, 4) is 0 Å². The minimum absolute atomic E-state index is 0.0248. The second kappa shape index (κ2) is 9.38. The molecular weight excluding hydrogens is 448 g/mol. The van der Waals surface area contributed by atoms with Crippen LogP contribution in [0.3, 0.4) is 0 Å². The number of imide groups is 1. The number of nitrogens with zero attached hydrogens (tertiary/aromatic N) is 3. The molecule has 0 aliphatic carbocycles. The number of aromatic nitrogens is 1. The minimum atomic E-state index is -1.03. The van der Waals surface area contributed by atoms with Gasteiger partial charge in [0.2, 0.25) is 0 Å². The molecule has 0 unspecified atom stereocenters. The zero-order chi connectivity index (χ0) is 23.5. The van der Waals surface area contributed by atoms with Gasteiger partial charge >= 0.3 is 6.03 Å².